The van der Waals surface area contributed by atoms with Crippen LogP contribution in [-0.2, 0) is 9.53 Å². The van der Waals surface area contributed by atoms with Crippen molar-refractivity contribution in [2.45, 2.75) is 29.8 Å². The zero-order chi connectivity index (χ0) is 14.9. The number of nitrogens with zero attached hydrogens (tertiary/aromatic N) is 1. The van der Waals surface area contributed by atoms with Gasteiger partial charge in [-0.2, -0.15) is 0 Å². The lowest BCUT2D eigenvalue weighted by atomic mass is 10.1. The number of aliphatic hydroxyl groups is 2. The molecule has 110 valence electrons. The summed E-state index contributed by atoms with van der Waals surface area (Å²) < 4.78 is 5.93. The molecule has 0 radical (unpaired) electrons. The van der Waals surface area contributed by atoms with Gasteiger partial charge in [0.15, 0.2) is 0 Å². The summed E-state index contributed by atoms with van der Waals surface area (Å²) in [5.41, 5.74) is -1.21. The van der Waals surface area contributed by atoms with Gasteiger partial charge < -0.3 is 14.9 Å². The number of rotatable bonds is 3. The highest BCUT2D eigenvalue weighted by Gasteiger charge is 2.44. The smallest absolute Gasteiger partial charge is 0.329 e. The Morgan fingerprint density at radius 1 is 1.45 bits per heavy atom. The van der Waals surface area contributed by atoms with E-state index in [-0.39, 0.29) is 6.61 Å². The quantitative estimate of drug-likeness (QED) is 0.577. The van der Waals surface area contributed by atoms with Gasteiger partial charge in [0.05, 0.1) is 11.4 Å². The molecule has 3 N–H and O–H groups in total. The van der Waals surface area contributed by atoms with Crippen LogP contribution in [0.15, 0.2) is 21.9 Å². The maximum Gasteiger partial charge on any atom is 0.329 e. The molecular formula is C11H14N2O6S. The van der Waals surface area contributed by atoms with E-state index in [1.165, 1.54) is 13.1 Å². The number of carbonyl (C=O) groups is 1. The Hall–Kier alpha value is -1.58. The fourth-order valence-electron chi connectivity index (χ4n) is 1.92. The fraction of sp³-hybridized carbons (Fsp3) is 0.545. The summed E-state index contributed by atoms with van der Waals surface area (Å²) in [6.07, 6.45) is -1.09. The molecule has 2 rings (SSSR count). The minimum atomic E-state index is -1.20. The molecule has 0 bridgehead atoms. The number of hydrogen-bond donors (Lipinski definition) is 3. The van der Waals surface area contributed by atoms with Gasteiger partial charge in [0.2, 0.25) is 0 Å². The Morgan fingerprint density at radius 3 is 2.75 bits per heavy atom. The third-order valence-corrected chi connectivity index (χ3v) is 4.46. The summed E-state index contributed by atoms with van der Waals surface area (Å²) in [5, 5.41) is 18.6. The minimum absolute atomic E-state index is 0.0627. The maximum atomic E-state index is 11.7. The number of thioether (sulfide) groups is 1. The van der Waals surface area contributed by atoms with Gasteiger partial charge >= 0.3 is 11.7 Å². The van der Waals surface area contributed by atoms with E-state index in [2.05, 4.69) is 4.98 Å². The molecule has 9 heteroatoms. The van der Waals surface area contributed by atoms with Crippen molar-refractivity contribution < 1.29 is 19.7 Å². The number of hydrogen-bond acceptors (Lipinski definition) is 7. The van der Waals surface area contributed by atoms with E-state index >= 15 is 0 Å². The number of aromatic amines is 1. The molecule has 4 atom stereocenters. The molecule has 0 aromatic carbocycles. The Bertz CT molecular complexity index is 611. The molecule has 0 saturated carbocycles. The van der Waals surface area contributed by atoms with E-state index in [4.69, 9.17) is 4.74 Å². The first-order valence-corrected chi connectivity index (χ1v) is 6.81. The molecule has 1 saturated heterocycles. The predicted molar refractivity (Wildman–Crippen MR) is 70.4 cm³/mol. The number of carbonyl (C=O) groups excluding carboxylic acids is 1. The molecule has 1 fully saturated rings. The third kappa shape index (κ3) is 2.94. The first kappa shape index (κ1) is 14.8. The van der Waals surface area contributed by atoms with Crippen LogP contribution in [0.25, 0.3) is 0 Å². The summed E-state index contributed by atoms with van der Waals surface area (Å²) in [7, 11) is 0. The second kappa shape index (κ2) is 5.81. The summed E-state index contributed by atoms with van der Waals surface area (Å²) in [4.78, 5) is 35.5. The number of ether oxygens (including phenoxy) is 1. The Labute approximate surface area is 117 Å². The second-order valence-corrected chi connectivity index (χ2v) is 5.73. The zero-order valence-corrected chi connectivity index (χ0v) is 11.4. The molecule has 1 aromatic rings. The van der Waals surface area contributed by atoms with Crippen molar-refractivity contribution in [1.82, 2.24) is 9.55 Å². The van der Waals surface area contributed by atoms with Crippen LogP contribution in [-0.4, -0.2) is 49.8 Å². The van der Waals surface area contributed by atoms with Crippen molar-refractivity contribution in [3.05, 3.63) is 33.1 Å². The van der Waals surface area contributed by atoms with Gasteiger partial charge in [-0.15, -0.1) is 11.8 Å². The Morgan fingerprint density at radius 2 is 2.15 bits per heavy atom. The SMILES string of the molecule is CC(=O)OC[C@H]1S[C@@H](n2ccc(=O)[nH]c2=O)C(O)C1O. The molecule has 8 nitrogen and oxygen atoms in total. The summed E-state index contributed by atoms with van der Waals surface area (Å²) in [6, 6.07) is 1.15. The van der Waals surface area contributed by atoms with Crippen molar-refractivity contribution in [1.29, 1.82) is 0 Å². The molecule has 1 aliphatic heterocycles. The molecule has 0 spiro atoms. The van der Waals surface area contributed by atoms with Crippen LogP contribution in [0.4, 0.5) is 0 Å². The highest BCUT2D eigenvalue weighted by molar-refractivity contribution is 8.00. The third-order valence-electron chi connectivity index (χ3n) is 2.91. The number of aliphatic hydroxyl groups excluding tert-OH is 2. The van der Waals surface area contributed by atoms with Gasteiger partial charge in [0.25, 0.3) is 5.56 Å². The van der Waals surface area contributed by atoms with Gasteiger partial charge in [0.1, 0.15) is 18.1 Å². The van der Waals surface area contributed by atoms with Crippen LogP contribution in [0.2, 0.25) is 0 Å². The monoisotopic (exact) mass is 302 g/mol. The van der Waals surface area contributed by atoms with Crippen LogP contribution in [0.1, 0.15) is 12.3 Å². The number of nitrogens with one attached hydrogen (secondary N) is 1. The molecule has 20 heavy (non-hydrogen) atoms. The van der Waals surface area contributed by atoms with Gasteiger partial charge in [-0.05, 0) is 0 Å². The lowest BCUT2D eigenvalue weighted by Crippen LogP contribution is -2.37. The van der Waals surface area contributed by atoms with E-state index < -0.39 is 40.1 Å². The predicted octanol–water partition coefficient (Wildman–Crippen LogP) is -1.56. The number of aromatic nitrogens is 2. The highest BCUT2D eigenvalue weighted by Crippen LogP contribution is 2.41. The standard InChI is InChI=1S/C11H14N2O6S/c1-5(14)19-4-6-8(16)9(17)10(20-6)13-3-2-7(15)12-11(13)18/h2-3,6,8-10,16-17H,4H2,1H3,(H,12,15,18)/t6-,8?,9?,10-/m1/s1. The van der Waals surface area contributed by atoms with Crippen LogP contribution < -0.4 is 11.2 Å². The molecule has 1 aromatic heterocycles. The minimum Gasteiger partial charge on any atom is -0.465 e. The van der Waals surface area contributed by atoms with Crippen molar-refractivity contribution in [2.24, 2.45) is 0 Å². The highest BCUT2D eigenvalue weighted by atomic mass is 32.2. The Balaban J connectivity index is 2.19. The van der Waals surface area contributed by atoms with Crippen LogP contribution in [0, 0.1) is 0 Å². The van der Waals surface area contributed by atoms with E-state index in [0.717, 1.165) is 22.4 Å². The number of esters is 1. The van der Waals surface area contributed by atoms with Gasteiger partial charge in [-0.25, -0.2) is 4.79 Å². The van der Waals surface area contributed by atoms with Crippen molar-refractivity contribution >= 4 is 17.7 Å². The Kier molecular flexibility index (Phi) is 4.31. The van der Waals surface area contributed by atoms with Crippen molar-refractivity contribution in [3.8, 4) is 0 Å². The average molecular weight is 302 g/mol. The summed E-state index contributed by atoms with van der Waals surface area (Å²) in [5.74, 6) is -0.489. The molecule has 2 unspecified atom stereocenters. The van der Waals surface area contributed by atoms with E-state index in [1.807, 2.05) is 0 Å². The summed E-state index contributed by atoms with van der Waals surface area (Å²) in [6.45, 7) is 1.18. The van der Waals surface area contributed by atoms with Crippen LogP contribution >= 0.6 is 11.8 Å². The molecule has 2 heterocycles. The first-order chi connectivity index (χ1) is 9.40. The lowest BCUT2D eigenvalue weighted by Gasteiger charge is -2.17. The molecule has 0 aliphatic carbocycles. The van der Waals surface area contributed by atoms with Gasteiger partial charge in [-0.3, -0.25) is 19.1 Å². The lowest BCUT2D eigenvalue weighted by molar-refractivity contribution is -0.141. The molecule has 0 amide bonds. The van der Waals surface area contributed by atoms with Gasteiger partial charge in [-0.1, -0.05) is 0 Å². The second-order valence-electron chi connectivity index (χ2n) is 4.37. The largest absolute Gasteiger partial charge is 0.465 e. The van der Waals surface area contributed by atoms with Crippen LogP contribution in [0.3, 0.4) is 0 Å². The number of H-pyrrole nitrogens is 1. The van der Waals surface area contributed by atoms with E-state index in [0.29, 0.717) is 0 Å². The topological polar surface area (TPSA) is 122 Å². The molecular weight excluding hydrogens is 288 g/mol. The van der Waals surface area contributed by atoms with Gasteiger partial charge in [0, 0.05) is 19.2 Å². The fourth-order valence-corrected chi connectivity index (χ4v) is 3.37. The van der Waals surface area contributed by atoms with Crippen LogP contribution in [0.5, 0.6) is 0 Å². The first-order valence-electron chi connectivity index (χ1n) is 5.86. The van der Waals surface area contributed by atoms with Crippen molar-refractivity contribution in [2.75, 3.05) is 6.61 Å². The zero-order valence-electron chi connectivity index (χ0n) is 10.6. The molecule has 1 aliphatic rings. The maximum absolute atomic E-state index is 11.7. The normalized spacial score (nSPS) is 29.4. The van der Waals surface area contributed by atoms with Crippen molar-refractivity contribution in [3.63, 3.8) is 0 Å². The van der Waals surface area contributed by atoms with E-state index in [1.54, 1.807) is 0 Å². The average Bonchev–Trinajstić information content (AvgIpc) is 2.64. The summed E-state index contributed by atoms with van der Waals surface area (Å²) >= 11 is 1.11. The van der Waals surface area contributed by atoms with E-state index in [9.17, 15) is 24.6 Å².